The van der Waals surface area contributed by atoms with Crippen molar-refractivity contribution in [3.63, 3.8) is 0 Å². The molecule has 0 aliphatic carbocycles. The van der Waals surface area contributed by atoms with Crippen molar-refractivity contribution in [1.29, 1.82) is 0 Å². The zero-order valence-electron chi connectivity index (χ0n) is 13.3. The van der Waals surface area contributed by atoms with E-state index < -0.39 is 0 Å². The summed E-state index contributed by atoms with van der Waals surface area (Å²) in [7, 11) is 0. The van der Waals surface area contributed by atoms with Gasteiger partial charge in [-0.05, 0) is 36.6 Å². The van der Waals surface area contributed by atoms with E-state index in [2.05, 4.69) is 15.2 Å². The fourth-order valence-corrected chi connectivity index (χ4v) is 2.30. The highest BCUT2D eigenvalue weighted by atomic mass is 16.5. The molecule has 0 spiro atoms. The minimum Gasteiger partial charge on any atom is -0.480 e. The van der Waals surface area contributed by atoms with Crippen molar-refractivity contribution in [3.8, 4) is 5.75 Å². The van der Waals surface area contributed by atoms with Crippen LogP contribution in [0.25, 0.3) is 0 Å². The summed E-state index contributed by atoms with van der Waals surface area (Å²) < 4.78 is 11.8. The van der Waals surface area contributed by atoms with Gasteiger partial charge in [-0.3, -0.25) is 4.98 Å². The summed E-state index contributed by atoms with van der Waals surface area (Å²) >= 11 is 0. The number of hydrogen-bond donors (Lipinski definition) is 0. The molecule has 1 aromatic carbocycles. The van der Waals surface area contributed by atoms with Gasteiger partial charge in [0.1, 0.15) is 5.75 Å². The number of ether oxygens (including phenoxy) is 1. The van der Waals surface area contributed by atoms with Crippen LogP contribution >= 0.6 is 0 Å². The van der Waals surface area contributed by atoms with Gasteiger partial charge in [-0.2, -0.15) is 0 Å². The summed E-state index contributed by atoms with van der Waals surface area (Å²) in [5.74, 6) is 1.92. The fraction of sp³-hybridized carbons (Fsp3) is 0.278. The maximum atomic E-state index is 6.04. The van der Waals surface area contributed by atoms with Gasteiger partial charge >= 0.3 is 0 Å². The van der Waals surface area contributed by atoms with Gasteiger partial charge in [0, 0.05) is 12.4 Å². The Kier molecular flexibility index (Phi) is 4.66. The largest absolute Gasteiger partial charge is 0.480 e. The molecule has 0 radical (unpaired) electrons. The van der Waals surface area contributed by atoms with Crippen LogP contribution < -0.4 is 4.74 Å². The molecule has 1 atom stereocenters. The molecule has 0 aliphatic heterocycles. The lowest BCUT2D eigenvalue weighted by Crippen LogP contribution is -2.07. The summed E-state index contributed by atoms with van der Waals surface area (Å²) in [5.41, 5.74) is 2.12. The summed E-state index contributed by atoms with van der Waals surface area (Å²) in [6.45, 7) is 4.05. The van der Waals surface area contributed by atoms with Gasteiger partial charge in [-0.1, -0.05) is 31.2 Å². The topological polar surface area (TPSA) is 61.0 Å². The van der Waals surface area contributed by atoms with Crippen LogP contribution in [-0.4, -0.2) is 15.2 Å². The van der Waals surface area contributed by atoms with Gasteiger partial charge in [-0.15, -0.1) is 10.2 Å². The van der Waals surface area contributed by atoms with Gasteiger partial charge in [0.05, 0.1) is 6.42 Å². The first-order valence-electron chi connectivity index (χ1n) is 7.69. The molecule has 2 heterocycles. The molecule has 5 nitrogen and oxygen atoms in total. The van der Waals surface area contributed by atoms with E-state index in [1.807, 2.05) is 50.2 Å². The Morgan fingerprint density at radius 1 is 1.13 bits per heavy atom. The van der Waals surface area contributed by atoms with Crippen molar-refractivity contribution in [2.24, 2.45) is 0 Å². The molecule has 2 aromatic heterocycles. The zero-order chi connectivity index (χ0) is 16.1. The van der Waals surface area contributed by atoms with E-state index in [1.54, 1.807) is 12.4 Å². The lowest BCUT2D eigenvalue weighted by atomic mass is 10.2. The molecule has 0 N–H and O–H groups in total. The Bertz CT molecular complexity index is 756. The zero-order valence-corrected chi connectivity index (χ0v) is 13.3. The number of pyridine rings is 1. The average molecular weight is 309 g/mol. The van der Waals surface area contributed by atoms with Gasteiger partial charge in [0.25, 0.3) is 5.89 Å². The predicted molar refractivity (Wildman–Crippen MR) is 86.2 cm³/mol. The Labute approximate surface area is 135 Å². The normalized spacial score (nSPS) is 12.1. The average Bonchev–Trinajstić information content (AvgIpc) is 3.03. The van der Waals surface area contributed by atoms with Crippen LogP contribution in [0.3, 0.4) is 0 Å². The first-order valence-corrected chi connectivity index (χ1v) is 7.69. The smallest absolute Gasteiger partial charge is 0.256 e. The van der Waals surface area contributed by atoms with E-state index in [0.717, 1.165) is 23.3 Å². The van der Waals surface area contributed by atoms with E-state index in [4.69, 9.17) is 9.15 Å². The van der Waals surface area contributed by atoms with Gasteiger partial charge in [0.15, 0.2) is 6.10 Å². The standard InChI is InChI=1S/C18H19N3O2/c1-3-15(22-16-9-5-4-7-13(16)2)18-21-20-17(23-18)11-14-8-6-10-19-12-14/h4-10,12,15H,3,11H2,1-2H3. The second-order valence-corrected chi connectivity index (χ2v) is 5.35. The van der Waals surface area contributed by atoms with E-state index in [0.29, 0.717) is 18.2 Å². The Balaban J connectivity index is 1.74. The van der Waals surface area contributed by atoms with Crippen LogP contribution in [0, 0.1) is 6.92 Å². The molecular formula is C18H19N3O2. The summed E-state index contributed by atoms with van der Waals surface area (Å²) in [6.07, 6.45) is 4.62. The third kappa shape index (κ3) is 3.74. The summed E-state index contributed by atoms with van der Waals surface area (Å²) in [6, 6.07) is 11.8. The second kappa shape index (κ2) is 7.05. The van der Waals surface area contributed by atoms with Crippen LogP contribution in [0.2, 0.25) is 0 Å². The number of nitrogens with zero attached hydrogens (tertiary/aromatic N) is 3. The van der Waals surface area contributed by atoms with Crippen LogP contribution in [0.4, 0.5) is 0 Å². The highest BCUT2D eigenvalue weighted by Crippen LogP contribution is 2.26. The Morgan fingerprint density at radius 2 is 2.00 bits per heavy atom. The molecule has 0 saturated carbocycles. The van der Waals surface area contributed by atoms with E-state index in [1.165, 1.54) is 0 Å². The molecule has 3 aromatic rings. The number of hydrogen-bond acceptors (Lipinski definition) is 5. The highest BCUT2D eigenvalue weighted by Gasteiger charge is 2.19. The number of aromatic nitrogens is 3. The van der Waals surface area contributed by atoms with E-state index >= 15 is 0 Å². The summed E-state index contributed by atoms with van der Waals surface area (Å²) in [4.78, 5) is 4.09. The SMILES string of the molecule is CCC(Oc1ccccc1C)c1nnc(Cc2cccnc2)o1. The maximum absolute atomic E-state index is 6.04. The van der Waals surface area contributed by atoms with Crippen molar-refractivity contribution < 1.29 is 9.15 Å². The number of rotatable bonds is 6. The molecule has 3 rings (SSSR count). The van der Waals surface area contributed by atoms with Gasteiger partial charge in [-0.25, -0.2) is 0 Å². The van der Waals surface area contributed by atoms with Crippen LogP contribution in [0.5, 0.6) is 5.75 Å². The van der Waals surface area contributed by atoms with Crippen molar-refractivity contribution in [1.82, 2.24) is 15.2 Å². The van der Waals surface area contributed by atoms with Crippen LogP contribution in [0.15, 0.2) is 53.2 Å². The van der Waals surface area contributed by atoms with Crippen molar-refractivity contribution in [2.75, 3.05) is 0 Å². The van der Waals surface area contributed by atoms with Gasteiger partial charge < -0.3 is 9.15 Å². The van der Waals surface area contributed by atoms with Crippen molar-refractivity contribution in [3.05, 3.63) is 71.7 Å². The maximum Gasteiger partial charge on any atom is 0.256 e. The first-order chi connectivity index (χ1) is 11.3. The van der Waals surface area contributed by atoms with E-state index in [-0.39, 0.29) is 6.10 Å². The number of aryl methyl sites for hydroxylation is 1. The molecule has 23 heavy (non-hydrogen) atoms. The Morgan fingerprint density at radius 3 is 2.74 bits per heavy atom. The van der Waals surface area contributed by atoms with Crippen LogP contribution in [0.1, 0.15) is 42.4 Å². The third-order valence-electron chi connectivity index (χ3n) is 3.57. The number of para-hydroxylation sites is 1. The molecule has 0 aliphatic rings. The predicted octanol–water partition coefficient (Wildman–Crippen LogP) is 3.89. The Hall–Kier alpha value is -2.69. The molecule has 0 bridgehead atoms. The van der Waals surface area contributed by atoms with Crippen molar-refractivity contribution in [2.45, 2.75) is 32.8 Å². The van der Waals surface area contributed by atoms with Gasteiger partial charge in [0.2, 0.25) is 5.89 Å². The summed E-state index contributed by atoms with van der Waals surface area (Å²) in [5, 5.41) is 8.27. The van der Waals surface area contributed by atoms with Crippen molar-refractivity contribution >= 4 is 0 Å². The minimum absolute atomic E-state index is 0.244. The second-order valence-electron chi connectivity index (χ2n) is 5.35. The molecular weight excluding hydrogens is 290 g/mol. The molecule has 0 amide bonds. The lowest BCUT2D eigenvalue weighted by molar-refractivity contribution is 0.162. The molecule has 0 saturated heterocycles. The monoisotopic (exact) mass is 309 g/mol. The third-order valence-corrected chi connectivity index (χ3v) is 3.57. The molecule has 1 unspecified atom stereocenters. The minimum atomic E-state index is -0.244. The highest BCUT2D eigenvalue weighted by molar-refractivity contribution is 5.32. The quantitative estimate of drug-likeness (QED) is 0.691. The van der Waals surface area contributed by atoms with Crippen LogP contribution in [-0.2, 0) is 6.42 Å². The fourth-order valence-electron chi connectivity index (χ4n) is 2.30. The first kappa shape index (κ1) is 15.2. The van der Waals surface area contributed by atoms with E-state index in [9.17, 15) is 0 Å². The molecule has 5 heteroatoms. The molecule has 0 fully saturated rings. The molecule has 118 valence electrons. The lowest BCUT2D eigenvalue weighted by Gasteiger charge is -2.15. The number of benzene rings is 1.